The van der Waals surface area contributed by atoms with Gasteiger partial charge in [-0.15, -0.1) is 0 Å². The summed E-state index contributed by atoms with van der Waals surface area (Å²) in [6, 6.07) is 5.21. The molecule has 0 aliphatic rings. The van der Waals surface area contributed by atoms with Crippen molar-refractivity contribution in [3.05, 3.63) is 29.3 Å². The van der Waals surface area contributed by atoms with E-state index in [0.717, 1.165) is 18.4 Å². The van der Waals surface area contributed by atoms with E-state index < -0.39 is 0 Å². The molecule has 0 aromatic heterocycles. The minimum atomic E-state index is -0.122. The summed E-state index contributed by atoms with van der Waals surface area (Å²) in [4.78, 5) is 22.7. The van der Waals surface area contributed by atoms with Gasteiger partial charge in [-0.3, -0.25) is 9.59 Å². The highest BCUT2D eigenvalue weighted by Crippen LogP contribution is 2.19. The van der Waals surface area contributed by atoms with E-state index in [2.05, 4.69) is 12.2 Å². The van der Waals surface area contributed by atoms with Crippen molar-refractivity contribution < 1.29 is 14.3 Å². The van der Waals surface area contributed by atoms with E-state index in [0.29, 0.717) is 17.9 Å². The van der Waals surface area contributed by atoms with Crippen molar-refractivity contribution in [3.8, 4) is 5.75 Å². The SMILES string of the molecule is CCCCNC(=O)COc1ccc(C(C)=O)cc1C. The van der Waals surface area contributed by atoms with Crippen LogP contribution in [0.5, 0.6) is 5.75 Å². The van der Waals surface area contributed by atoms with Gasteiger partial charge in [-0.2, -0.15) is 0 Å². The first-order valence-electron chi connectivity index (χ1n) is 6.55. The Kier molecular flexibility index (Phi) is 6.06. The van der Waals surface area contributed by atoms with E-state index in [1.165, 1.54) is 6.92 Å². The third-order valence-electron chi connectivity index (χ3n) is 2.79. The molecule has 0 radical (unpaired) electrons. The standard InChI is InChI=1S/C15H21NO3/c1-4-5-8-16-15(18)10-19-14-7-6-13(12(3)17)9-11(14)2/h6-7,9H,4-5,8,10H2,1-3H3,(H,16,18). The Balaban J connectivity index is 2.49. The fourth-order valence-corrected chi connectivity index (χ4v) is 1.63. The highest BCUT2D eigenvalue weighted by Gasteiger charge is 2.06. The lowest BCUT2D eigenvalue weighted by molar-refractivity contribution is -0.123. The van der Waals surface area contributed by atoms with Crippen molar-refractivity contribution in [2.75, 3.05) is 13.2 Å². The number of Topliss-reactive ketones (excluding diaryl/α,β-unsaturated/α-hetero) is 1. The van der Waals surface area contributed by atoms with E-state index in [9.17, 15) is 9.59 Å². The number of nitrogens with one attached hydrogen (secondary N) is 1. The molecule has 4 heteroatoms. The van der Waals surface area contributed by atoms with E-state index in [1.807, 2.05) is 6.92 Å². The number of benzene rings is 1. The molecule has 1 aromatic rings. The lowest BCUT2D eigenvalue weighted by atomic mass is 10.1. The maximum atomic E-state index is 11.5. The van der Waals surface area contributed by atoms with Gasteiger partial charge in [-0.1, -0.05) is 13.3 Å². The van der Waals surface area contributed by atoms with Gasteiger partial charge in [0, 0.05) is 12.1 Å². The van der Waals surface area contributed by atoms with Gasteiger partial charge in [0.2, 0.25) is 0 Å². The summed E-state index contributed by atoms with van der Waals surface area (Å²) in [5.41, 5.74) is 1.51. The summed E-state index contributed by atoms with van der Waals surface area (Å²) >= 11 is 0. The van der Waals surface area contributed by atoms with Crippen LogP contribution < -0.4 is 10.1 Å². The quantitative estimate of drug-likeness (QED) is 0.607. The summed E-state index contributed by atoms with van der Waals surface area (Å²) in [6.07, 6.45) is 2.02. The minimum absolute atomic E-state index is 0.00394. The maximum Gasteiger partial charge on any atom is 0.257 e. The molecule has 0 bridgehead atoms. The van der Waals surface area contributed by atoms with E-state index in [1.54, 1.807) is 18.2 Å². The van der Waals surface area contributed by atoms with Crippen LogP contribution in [0.1, 0.15) is 42.6 Å². The predicted octanol–water partition coefficient (Wildman–Crippen LogP) is 2.49. The van der Waals surface area contributed by atoms with Crippen LogP contribution in [0.3, 0.4) is 0 Å². The molecule has 0 heterocycles. The number of carbonyl (C=O) groups excluding carboxylic acids is 2. The fraction of sp³-hybridized carbons (Fsp3) is 0.467. The summed E-state index contributed by atoms with van der Waals surface area (Å²) in [7, 11) is 0. The molecule has 19 heavy (non-hydrogen) atoms. The molecule has 1 rings (SSSR count). The second kappa shape index (κ2) is 7.56. The average Bonchev–Trinajstić information content (AvgIpc) is 2.37. The molecule has 4 nitrogen and oxygen atoms in total. The van der Waals surface area contributed by atoms with Crippen molar-refractivity contribution in [1.82, 2.24) is 5.32 Å². The highest BCUT2D eigenvalue weighted by atomic mass is 16.5. The van der Waals surface area contributed by atoms with Gasteiger partial charge in [-0.25, -0.2) is 0 Å². The number of hydrogen-bond acceptors (Lipinski definition) is 3. The molecule has 0 unspecified atom stereocenters. The normalized spacial score (nSPS) is 10.1. The fourth-order valence-electron chi connectivity index (χ4n) is 1.63. The van der Waals surface area contributed by atoms with Crippen LogP contribution in [0.25, 0.3) is 0 Å². The molecule has 104 valence electrons. The van der Waals surface area contributed by atoms with Gasteiger partial charge in [0.15, 0.2) is 12.4 Å². The molecule has 1 aromatic carbocycles. The lowest BCUT2D eigenvalue weighted by Crippen LogP contribution is -2.29. The topological polar surface area (TPSA) is 55.4 Å². The number of hydrogen-bond donors (Lipinski definition) is 1. The Morgan fingerprint density at radius 3 is 2.63 bits per heavy atom. The molecule has 0 saturated carbocycles. The van der Waals surface area contributed by atoms with Crippen LogP contribution in [-0.2, 0) is 4.79 Å². The molecule has 0 atom stereocenters. The van der Waals surface area contributed by atoms with Crippen molar-refractivity contribution >= 4 is 11.7 Å². The van der Waals surface area contributed by atoms with E-state index in [4.69, 9.17) is 4.74 Å². The molecule has 0 aliphatic carbocycles. The Labute approximate surface area is 114 Å². The van der Waals surface area contributed by atoms with Crippen LogP contribution >= 0.6 is 0 Å². The molecule has 0 spiro atoms. The number of ketones is 1. The molecular formula is C15H21NO3. The predicted molar refractivity (Wildman–Crippen MR) is 74.6 cm³/mol. The summed E-state index contributed by atoms with van der Waals surface area (Å²) < 4.78 is 5.44. The zero-order chi connectivity index (χ0) is 14.3. The largest absolute Gasteiger partial charge is 0.484 e. The third-order valence-corrected chi connectivity index (χ3v) is 2.79. The first-order chi connectivity index (χ1) is 9.04. The van der Waals surface area contributed by atoms with E-state index >= 15 is 0 Å². The van der Waals surface area contributed by atoms with Crippen LogP contribution in [0.15, 0.2) is 18.2 Å². The van der Waals surface area contributed by atoms with Crippen LogP contribution in [0.2, 0.25) is 0 Å². The summed E-state index contributed by atoms with van der Waals surface area (Å²) in [6.45, 7) is 6.14. The number of aryl methyl sites for hydroxylation is 1. The second-order valence-electron chi connectivity index (χ2n) is 4.53. The van der Waals surface area contributed by atoms with Crippen molar-refractivity contribution in [1.29, 1.82) is 0 Å². The molecular weight excluding hydrogens is 242 g/mol. The van der Waals surface area contributed by atoms with Crippen LogP contribution in [-0.4, -0.2) is 24.8 Å². The van der Waals surface area contributed by atoms with Crippen LogP contribution in [0, 0.1) is 6.92 Å². The van der Waals surface area contributed by atoms with Gasteiger partial charge in [0.25, 0.3) is 5.91 Å². The third kappa shape index (κ3) is 5.12. The van der Waals surface area contributed by atoms with Gasteiger partial charge in [0.1, 0.15) is 5.75 Å². The monoisotopic (exact) mass is 263 g/mol. The number of amides is 1. The maximum absolute atomic E-state index is 11.5. The van der Waals surface area contributed by atoms with Crippen LogP contribution in [0.4, 0.5) is 0 Å². The molecule has 0 fully saturated rings. The van der Waals surface area contributed by atoms with Gasteiger partial charge in [0.05, 0.1) is 0 Å². The van der Waals surface area contributed by atoms with Gasteiger partial charge in [-0.05, 0) is 44.0 Å². The smallest absolute Gasteiger partial charge is 0.257 e. The Bertz CT molecular complexity index is 455. The second-order valence-corrected chi connectivity index (χ2v) is 4.53. The number of unbranched alkanes of at least 4 members (excludes halogenated alkanes) is 1. The summed E-state index contributed by atoms with van der Waals surface area (Å²) in [5.74, 6) is 0.533. The number of carbonyl (C=O) groups is 2. The van der Waals surface area contributed by atoms with Crippen molar-refractivity contribution in [2.45, 2.75) is 33.6 Å². The molecule has 0 aliphatic heterocycles. The van der Waals surface area contributed by atoms with Crippen molar-refractivity contribution in [2.24, 2.45) is 0 Å². The molecule has 1 N–H and O–H groups in total. The first-order valence-corrected chi connectivity index (χ1v) is 6.55. The average molecular weight is 263 g/mol. The lowest BCUT2D eigenvalue weighted by Gasteiger charge is -2.10. The molecule has 1 amide bonds. The Hall–Kier alpha value is -1.84. The zero-order valence-corrected chi connectivity index (χ0v) is 11.8. The van der Waals surface area contributed by atoms with Crippen molar-refractivity contribution in [3.63, 3.8) is 0 Å². The van der Waals surface area contributed by atoms with Gasteiger partial charge < -0.3 is 10.1 Å². The Morgan fingerprint density at radius 1 is 1.32 bits per heavy atom. The van der Waals surface area contributed by atoms with E-state index in [-0.39, 0.29) is 18.3 Å². The van der Waals surface area contributed by atoms with Gasteiger partial charge >= 0.3 is 0 Å². The summed E-state index contributed by atoms with van der Waals surface area (Å²) in [5, 5.41) is 2.78. The minimum Gasteiger partial charge on any atom is -0.484 e. The molecule has 0 saturated heterocycles. The highest BCUT2D eigenvalue weighted by molar-refractivity contribution is 5.94. The number of ether oxygens (including phenoxy) is 1. The zero-order valence-electron chi connectivity index (χ0n) is 11.8. The number of rotatable bonds is 7. The Morgan fingerprint density at radius 2 is 2.05 bits per heavy atom. The first kappa shape index (κ1) is 15.2.